The van der Waals surface area contributed by atoms with Gasteiger partial charge in [-0.1, -0.05) is 13.8 Å². The Morgan fingerprint density at radius 3 is 2.31 bits per heavy atom. The molecule has 0 fully saturated rings. The lowest BCUT2D eigenvalue weighted by atomic mass is 10.1. The third-order valence-electron chi connectivity index (χ3n) is 2.35. The first-order chi connectivity index (χ1) is 7.70. The molecule has 2 aromatic heterocycles. The summed E-state index contributed by atoms with van der Waals surface area (Å²) in [5, 5.41) is 4.34. The number of rotatable bonds is 1. The summed E-state index contributed by atoms with van der Waals surface area (Å²) < 4.78 is 1.87. The number of hydrogen-bond acceptors (Lipinski definition) is 3. The van der Waals surface area contributed by atoms with E-state index >= 15 is 0 Å². The molecule has 4 nitrogen and oxygen atoms in total. The van der Waals surface area contributed by atoms with Gasteiger partial charge in [0.25, 0.3) is 0 Å². The number of aryl methyl sites for hydroxylation is 2. The van der Waals surface area contributed by atoms with E-state index in [4.69, 9.17) is 0 Å². The fourth-order valence-corrected chi connectivity index (χ4v) is 1.58. The van der Waals surface area contributed by atoms with Crippen molar-refractivity contribution in [3.63, 3.8) is 0 Å². The third-order valence-corrected chi connectivity index (χ3v) is 2.35. The summed E-state index contributed by atoms with van der Waals surface area (Å²) in [7, 11) is 1.94. The normalized spacial score (nSPS) is 9.56. The molecule has 86 valence electrons. The second-order valence-corrected chi connectivity index (χ2v) is 3.26. The Kier molecular flexibility index (Phi) is 4.17. The Morgan fingerprint density at radius 2 is 1.88 bits per heavy atom. The summed E-state index contributed by atoms with van der Waals surface area (Å²) in [6.07, 6.45) is 3.30. The van der Waals surface area contributed by atoms with E-state index in [1.807, 2.05) is 45.5 Å². The first-order valence-corrected chi connectivity index (χ1v) is 5.46. The van der Waals surface area contributed by atoms with Gasteiger partial charge in [0.2, 0.25) is 0 Å². The smallest absolute Gasteiger partial charge is 0.116 e. The van der Waals surface area contributed by atoms with Crippen LogP contribution in [0.25, 0.3) is 11.3 Å². The molecule has 0 N–H and O–H groups in total. The fraction of sp³-hybridized carbons (Fsp3) is 0.417. The topological polar surface area (TPSA) is 43.6 Å². The van der Waals surface area contributed by atoms with Crippen LogP contribution in [-0.4, -0.2) is 19.7 Å². The Hall–Kier alpha value is -1.71. The lowest BCUT2D eigenvalue weighted by Crippen LogP contribution is -1.93. The van der Waals surface area contributed by atoms with E-state index in [0.29, 0.717) is 0 Å². The molecular weight excluding hydrogens is 200 g/mol. The van der Waals surface area contributed by atoms with Crippen molar-refractivity contribution in [3.05, 3.63) is 30.0 Å². The SMILES string of the molecule is CC.Cc1nn(C)c(C)c1-c1ccncn1. The van der Waals surface area contributed by atoms with Gasteiger partial charge in [-0.25, -0.2) is 9.97 Å². The molecule has 16 heavy (non-hydrogen) atoms. The molecule has 0 bridgehead atoms. The molecule has 2 heterocycles. The average Bonchev–Trinajstić information content (AvgIpc) is 2.57. The molecule has 0 spiro atoms. The lowest BCUT2D eigenvalue weighted by molar-refractivity contribution is 0.731. The van der Waals surface area contributed by atoms with Crippen molar-refractivity contribution in [2.24, 2.45) is 7.05 Å². The highest BCUT2D eigenvalue weighted by molar-refractivity contribution is 5.64. The Labute approximate surface area is 96.4 Å². The predicted molar refractivity (Wildman–Crippen MR) is 65.1 cm³/mol. The van der Waals surface area contributed by atoms with Gasteiger partial charge in [-0.3, -0.25) is 4.68 Å². The van der Waals surface area contributed by atoms with E-state index in [1.165, 1.54) is 0 Å². The summed E-state index contributed by atoms with van der Waals surface area (Å²) in [6.45, 7) is 8.03. The highest BCUT2D eigenvalue weighted by atomic mass is 15.3. The van der Waals surface area contributed by atoms with Crippen molar-refractivity contribution < 1.29 is 0 Å². The summed E-state index contributed by atoms with van der Waals surface area (Å²) in [5.41, 5.74) is 4.17. The van der Waals surface area contributed by atoms with Crippen LogP contribution in [0.4, 0.5) is 0 Å². The van der Waals surface area contributed by atoms with E-state index in [-0.39, 0.29) is 0 Å². The third kappa shape index (κ3) is 2.27. The van der Waals surface area contributed by atoms with Crippen LogP contribution in [0.15, 0.2) is 18.6 Å². The maximum Gasteiger partial charge on any atom is 0.116 e. The van der Waals surface area contributed by atoms with Gasteiger partial charge in [-0.15, -0.1) is 0 Å². The van der Waals surface area contributed by atoms with Gasteiger partial charge in [-0.2, -0.15) is 5.10 Å². The second kappa shape index (κ2) is 5.39. The van der Waals surface area contributed by atoms with E-state index in [0.717, 1.165) is 22.6 Å². The first kappa shape index (κ1) is 12.4. The molecule has 0 aliphatic carbocycles. The monoisotopic (exact) mass is 218 g/mol. The van der Waals surface area contributed by atoms with Crippen molar-refractivity contribution >= 4 is 0 Å². The molecule has 0 aliphatic rings. The molecule has 0 saturated heterocycles. The lowest BCUT2D eigenvalue weighted by Gasteiger charge is -1.99. The minimum absolute atomic E-state index is 0.933. The van der Waals surface area contributed by atoms with Crippen molar-refractivity contribution in [2.75, 3.05) is 0 Å². The van der Waals surface area contributed by atoms with E-state index in [9.17, 15) is 0 Å². The molecule has 0 radical (unpaired) electrons. The van der Waals surface area contributed by atoms with Crippen molar-refractivity contribution in [1.29, 1.82) is 0 Å². The van der Waals surface area contributed by atoms with E-state index < -0.39 is 0 Å². The van der Waals surface area contributed by atoms with Gasteiger partial charge in [-0.05, 0) is 19.9 Å². The van der Waals surface area contributed by atoms with Gasteiger partial charge in [0, 0.05) is 24.5 Å². The molecule has 2 aromatic rings. The number of hydrogen-bond donors (Lipinski definition) is 0. The van der Waals surface area contributed by atoms with Crippen molar-refractivity contribution in [3.8, 4) is 11.3 Å². The molecule has 0 aromatic carbocycles. The standard InChI is InChI=1S/C10H12N4.C2H6/c1-7-10(8(2)14(3)13-7)9-4-5-11-6-12-9;1-2/h4-6H,1-3H3;1-2H3. The van der Waals surface area contributed by atoms with Gasteiger partial charge < -0.3 is 0 Å². The average molecular weight is 218 g/mol. The zero-order chi connectivity index (χ0) is 12.1. The molecular formula is C12H18N4. The van der Waals surface area contributed by atoms with Crippen LogP contribution in [0.1, 0.15) is 25.2 Å². The maximum absolute atomic E-state index is 4.34. The van der Waals surface area contributed by atoms with Crippen LogP contribution < -0.4 is 0 Å². The predicted octanol–water partition coefficient (Wildman–Crippen LogP) is 2.52. The van der Waals surface area contributed by atoms with Gasteiger partial charge >= 0.3 is 0 Å². The maximum atomic E-state index is 4.34. The Morgan fingerprint density at radius 1 is 1.19 bits per heavy atom. The zero-order valence-electron chi connectivity index (χ0n) is 10.5. The minimum atomic E-state index is 0.933. The quantitative estimate of drug-likeness (QED) is 0.738. The van der Waals surface area contributed by atoms with Crippen LogP contribution in [0.5, 0.6) is 0 Å². The van der Waals surface area contributed by atoms with E-state index in [2.05, 4.69) is 15.1 Å². The van der Waals surface area contributed by atoms with Gasteiger partial charge in [0.1, 0.15) is 6.33 Å². The second-order valence-electron chi connectivity index (χ2n) is 3.26. The highest BCUT2D eigenvalue weighted by Crippen LogP contribution is 2.23. The molecule has 0 aliphatic heterocycles. The fourth-order valence-electron chi connectivity index (χ4n) is 1.58. The van der Waals surface area contributed by atoms with Crippen molar-refractivity contribution in [2.45, 2.75) is 27.7 Å². The van der Waals surface area contributed by atoms with Crippen molar-refractivity contribution in [1.82, 2.24) is 19.7 Å². The highest BCUT2D eigenvalue weighted by Gasteiger charge is 2.11. The first-order valence-electron chi connectivity index (χ1n) is 5.46. The number of nitrogens with zero attached hydrogens (tertiary/aromatic N) is 4. The Bertz CT molecular complexity index is 446. The molecule has 0 atom stereocenters. The molecule has 0 amide bonds. The molecule has 2 rings (SSSR count). The molecule has 4 heteroatoms. The summed E-state index contributed by atoms with van der Waals surface area (Å²) in [5.74, 6) is 0. The Balaban J connectivity index is 0.000000606. The van der Waals surface area contributed by atoms with Crippen LogP contribution in [0, 0.1) is 13.8 Å². The van der Waals surface area contributed by atoms with Crippen LogP contribution >= 0.6 is 0 Å². The van der Waals surface area contributed by atoms with Crippen LogP contribution in [-0.2, 0) is 7.05 Å². The van der Waals surface area contributed by atoms with Gasteiger partial charge in [0.05, 0.1) is 11.4 Å². The summed E-state index contributed by atoms with van der Waals surface area (Å²) in [6, 6.07) is 1.90. The molecule has 0 unspecified atom stereocenters. The summed E-state index contributed by atoms with van der Waals surface area (Å²) in [4.78, 5) is 8.12. The van der Waals surface area contributed by atoms with E-state index in [1.54, 1.807) is 12.5 Å². The molecule has 0 saturated carbocycles. The minimum Gasteiger partial charge on any atom is -0.272 e. The van der Waals surface area contributed by atoms with Gasteiger partial charge in [0.15, 0.2) is 0 Å². The van der Waals surface area contributed by atoms with Crippen LogP contribution in [0.2, 0.25) is 0 Å². The largest absolute Gasteiger partial charge is 0.272 e. The summed E-state index contributed by atoms with van der Waals surface area (Å²) >= 11 is 0. The van der Waals surface area contributed by atoms with Crippen LogP contribution in [0.3, 0.4) is 0 Å². The number of aromatic nitrogens is 4. The zero-order valence-corrected chi connectivity index (χ0v) is 10.5.